The summed E-state index contributed by atoms with van der Waals surface area (Å²) in [5.74, 6) is 1.34. The summed E-state index contributed by atoms with van der Waals surface area (Å²) in [5, 5.41) is 3.20. The van der Waals surface area contributed by atoms with Crippen molar-refractivity contribution in [3.63, 3.8) is 0 Å². The Hall–Kier alpha value is -3.61. The van der Waals surface area contributed by atoms with Crippen LogP contribution in [0.2, 0.25) is 0 Å². The topological polar surface area (TPSA) is 71.0 Å². The molecule has 1 saturated heterocycles. The predicted octanol–water partition coefficient (Wildman–Crippen LogP) is 5.44. The molecule has 5 rings (SSSR count). The molecule has 2 aliphatic rings. The average Bonchev–Trinajstić information content (AvgIpc) is 3.52. The number of amides is 1. The van der Waals surface area contributed by atoms with Gasteiger partial charge >= 0.3 is 0 Å². The number of allylic oxidation sites excluding steroid dienone is 2. The number of aromatic nitrogens is 3. The molecule has 3 aromatic rings. The van der Waals surface area contributed by atoms with E-state index in [0.717, 1.165) is 43.5 Å². The van der Waals surface area contributed by atoms with E-state index in [4.69, 9.17) is 9.97 Å². The minimum absolute atomic E-state index is 0.159. The molecule has 2 aromatic heterocycles. The van der Waals surface area contributed by atoms with Crippen molar-refractivity contribution >= 4 is 17.4 Å². The highest BCUT2D eigenvalue weighted by atomic mass is 19.1. The molecule has 1 aromatic carbocycles. The van der Waals surface area contributed by atoms with Crippen LogP contribution in [0.5, 0.6) is 0 Å². The van der Waals surface area contributed by atoms with Crippen LogP contribution in [0.1, 0.15) is 44.0 Å². The van der Waals surface area contributed by atoms with Crippen molar-refractivity contribution in [2.24, 2.45) is 5.92 Å². The number of hydrogen-bond donors (Lipinski definition) is 1. The first kappa shape index (κ1) is 21.2. The Morgan fingerprint density at radius 1 is 1.12 bits per heavy atom. The smallest absolute Gasteiger partial charge is 0.223 e. The first-order valence-corrected chi connectivity index (χ1v) is 11.4. The molecule has 2 atom stereocenters. The summed E-state index contributed by atoms with van der Waals surface area (Å²) in [6.07, 6.45) is 12.1. The first-order chi connectivity index (χ1) is 16.2. The summed E-state index contributed by atoms with van der Waals surface area (Å²) < 4.78 is 13.7. The first-order valence-electron chi connectivity index (χ1n) is 11.4. The number of nitrogens with one attached hydrogen (secondary N) is 1. The Morgan fingerprint density at radius 2 is 2.00 bits per heavy atom. The summed E-state index contributed by atoms with van der Waals surface area (Å²) in [6.45, 7) is 0.718. The second-order valence-electron chi connectivity index (χ2n) is 8.58. The van der Waals surface area contributed by atoms with Gasteiger partial charge in [0, 0.05) is 42.7 Å². The molecule has 33 heavy (non-hydrogen) atoms. The standard InChI is InChI=1S/C26H26FN5O/c27-20-7-3-8-21(16-20)29-24-17-22(19-10-12-28-13-11-19)30-26(31-24)23-9-4-14-32(23)25(33)15-18-5-1-2-6-18/h1,3,5,7-8,10-13,16-18,23H,2,4,6,9,14-15H2,(H,29,30,31)/t18-,23-/m1/s1. The summed E-state index contributed by atoms with van der Waals surface area (Å²) in [5.41, 5.74) is 2.25. The van der Waals surface area contributed by atoms with Crippen molar-refractivity contribution in [1.82, 2.24) is 19.9 Å². The zero-order valence-electron chi connectivity index (χ0n) is 18.3. The van der Waals surface area contributed by atoms with Gasteiger partial charge in [-0.2, -0.15) is 0 Å². The summed E-state index contributed by atoms with van der Waals surface area (Å²) in [4.78, 5) is 28.8. The van der Waals surface area contributed by atoms with Crippen LogP contribution in [0.25, 0.3) is 11.3 Å². The number of likely N-dealkylation sites (tertiary alicyclic amines) is 1. The van der Waals surface area contributed by atoms with Crippen molar-refractivity contribution in [1.29, 1.82) is 0 Å². The molecule has 0 spiro atoms. The van der Waals surface area contributed by atoms with Gasteiger partial charge in [-0.1, -0.05) is 18.2 Å². The van der Waals surface area contributed by atoms with E-state index in [2.05, 4.69) is 22.5 Å². The fraction of sp³-hybridized carbons (Fsp3) is 0.308. The Morgan fingerprint density at radius 3 is 2.79 bits per heavy atom. The molecular formula is C26H26FN5O. The Balaban J connectivity index is 1.47. The van der Waals surface area contributed by atoms with Gasteiger partial charge in [-0.05, 0) is 61.9 Å². The lowest BCUT2D eigenvalue weighted by Gasteiger charge is -2.25. The fourth-order valence-corrected chi connectivity index (χ4v) is 4.60. The molecular weight excluding hydrogens is 417 g/mol. The quantitative estimate of drug-likeness (QED) is 0.514. The predicted molar refractivity (Wildman–Crippen MR) is 125 cm³/mol. The van der Waals surface area contributed by atoms with E-state index in [1.54, 1.807) is 24.5 Å². The van der Waals surface area contributed by atoms with Crippen molar-refractivity contribution in [3.05, 3.63) is 78.7 Å². The highest BCUT2D eigenvalue weighted by Gasteiger charge is 2.33. The van der Waals surface area contributed by atoms with E-state index in [9.17, 15) is 9.18 Å². The maximum Gasteiger partial charge on any atom is 0.223 e. The largest absolute Gasteiger partial charge is 0.340 e. The van der Waals surface area contributed by atoms with Crippen molar-refractivity contribution in [3.8, 4) is 11.3 Å². The van der Waals surface area contributed by atoms with E-state index in [1.807, 2.05) is 23.1 Å². The number of hydrogen-bond acceptors (Lipinski definition) is 5. The molecule has 6 nitrogen and oxygen atoms in total. The van der Waals surface area contributed by atoms with Crippen molar-refractivity contribution in [2.75, 3.05) is 11.9 Å². The average molecular weight is 444 g/mol. The SMILES string of the molecule is O=C(C[C@@H]1C=CCC1)N1CCC[C@@H]1c1nc(Nc2cccc(F)c2)cc(-c2ccncc2)n1. The number of carbonyl (C=O) groups excluding carboxylic acids is 1. The summed E-state index contributed by atoms with van der Waals surface area (Å²) in [7, 11) is 0. The Labute approximate surface area is 192 Å². The fourth-order valence-electron chi connectivity index (χ4n) is 4.60. The molecule has 1 aliphatic carbocycles. The van der Waals surface area contributed by atoms with E-state index in [1.165, 1.54) is 12.1 Å². The monoisotopic (exact) mass is 443 g/mol. The second kappa shape index (κ2) is 9.48. The molecule has 0 radical (unpaired) electrons. The molecule has 0 bridgehead atoms. The van der Waals surface area contributed by atoms with Gasteiger partial charge in [-0.25, -0.2) is 14.4 Å². The molecule has 1 N–H and O–H groups in total. The number of nitrogens with zero attached hydrogens (tertiary/aromatic N) is 4. The third-order valence-corrected chi connectivity index (χ3v) is 6.24. The van der Waals surface area contributed by atoms with Crippen LogP contribution in [0.3, 0.4) is 0 Å². The van der Waals surface area contributed by atoms with E-state index < -0.39 is 0 Å². The van der Waals surface area contributed by atoms with Gasteiger partial charge in [-0.3, -0.25) is 9.78 Å². The number of halogens is 1. The van der Waals surface area contributed by atoms with Gasteiger partial charge in [0.1, 0.15) is 11.6 Å². The number of benzene rings is 1. The molecule has 7 heteroatoms. The molecule has 0 saturated carbocycles. The lowest BCUT2D eigenvalue weighted by Crippen LogP contribution is -2.32. The molecule has 1 fully saturated rings. The van der Waals surface area contributed by atoms with Gasteiger partial charge in [0.05, 0.1) is 11.7 Å². The Kier molecular flexibility index (Phi) is 6.11. The van der Waals surface area contributed by atoms with E-state index in [-0.39, 0.29) is 17.8 Å². The number of carbonyl (C=O) groups is 1. The third-order valence-electron chi connectivity index (χ3n) is 6.24. The maximum atomic E-state index is 13.7. The molecule has 3 heterocycles. The van der Waals surface area contributed by atoms with E-state index in [0.29, 0.717) is 29.7 Å². The zero-order valence-corrected chi connectivity index (χ0v) is 18.3. The highest BCUT2D eigenvalue weighted by molar-refractivity contribution is 5.77. The van der Waals surface area contributed by atoms with Crippen LogP contribution < -0.4 is 5.32 Å². The van der Waals surface area contributed by atoms with Gasteiger partial charge in [0.2, 0.25) is 5.91 Å². The highest BCUT2D eigenvalue weighted by Crippen LogP contribution is 2.34. The second-order valence-corrected chi connectivity index (χ2v) is 8.58. The van der Waals surface area contributed by atoms with Crippen LogP contribution in [0.4, 0.5) is 15.9 Å². The summed E-state index contributed by atoms with van der Waals surface area (Å²) >= 11 is 0. The number of pyridine rings is 1. The maximum absolute atomic E-state index is 13.7. The third kappa shape index (κ3) is 4.92. The molecule has 1 aliphatic heterocycles. The number of anilines is 2. The Bertz CT molecular complexity index is 1170. The van der Waals surface area contributed by atoms with Crippen molar-refractivity contribution in [2.45, 2.75) is 38.1 Å². The number of rotatable bonds is 6. The molecule has 0 unspecified atom stereocenters. The van der Waals surface area contributed by atoms with E-state index >= 15 is 0 Å². The minimum atomic E-state index is -0.322. The molecule has 168 valence electrons. The minimum Gasteiger partial charge on any atom is -0.340 e. The lowest BCUT2D eigenvalue weighted by atomic mass is 10.0. The summed E-state index contributed by atoms with van der Waals surface area (Å²) in [6, 6.07) is 11.7. The van der Waals surface area contributed by atoms with Crippen LogP contribution in [-0.2, 0) is 4.79 Å². The van der Waals surface area contributed by atoms with Crippen LogP contribution in [0, 0.1) is 11.7 Å². The lowest BCUT2D eigenvalue weighted by molar-refractivity contribution is -0.133. The van der Waals surface area contributed by atoms with Gasteiger partial charge in [0.25, 0.3) is 0 Å². The van der Waals surface area contributed by atoms with Crippen molar-refractivity contribution < 1.29 is 9.18 Å². The normalized spacial score (nSPS) is 19.7. The van der Waals surface area contributed by atoms with Gasteiger partial charge < -0.3 is 10.2 Å². The zero-order chi connectivity index (χ0) is 22.6. The van der Waals surface area contributed by atoms with Crippen LogP contribution in [-0.4, -0.2) is 32.3 Å². The van der Waals surface area contributed by atoms with Gasteiger partial charge in [0.15, 0.2) is 5.82 Å². The van der Waals surface area contributed by atoms with Gasteiger partial charge in [-0.15, -0.1) is 0 Å². The van der Waals surface area contributed by atoms with Crippen LogP contribution in [0.15, 0.2) is 67.0 Å². The van der Waals surface area contributed by atoms with Crippen LogP contribution >= 0.6 is 0 Å². The molecule has 1 amide bonds.